The van der Waals surface area contributed by atoms with Crippen LogP contribution in [0, 0.1) is 21.7 Å². The van der Waals surface area contributed by atoms with Gasteiger partial charge < -0.3 is 10.2 Å². The van der Waals surface area contributed by atoms with Crippen LogP contribution in [0.15, 0.2) is 12.1 Å². The number of likely N-dealkylation sites (N-methyl/N-ethyl adjacent to an activating group) is 1. The van der Waals surface area contributed by atoms with E-state index in [0.717, 1.165) is 12.6 Å². The molecular formula is C12H17F2N3O2. The zero-order valence-electron chi connectivity index (χ0n) is 11.1. The third kappa shape index (κ3) is 4.53. The van der Waals surface area contributed by atoms with Gasteiger partial charge in [-0.3, -0.25) is 10.1 Å². The van der Waals surface area contributed by atoms with Crippen molar-refractivity contribution in [1.82, 2.24) is 10.2 Å². The highest BCUT2D eigenvalue weighted by atomic mass is 19.1. The molecular weight excluding hydrogens is 256 g/mol. The fourth-order valence-electron chi connectivity index (χ4n) is 1.75. The van der Waals surface area contributed by atoms with Gasteiger partial charge in [0.1, 0.15) is 5.82 Å². The summed E-state index contributed by atoms with van der Waals surface area (Å²) in [5.74, 6) is -1.94. The molecule has 106 valence electrons. The van der Waals surface area contributed by atoms with E-state index in [1.807, 2.05) is 25.9 Å². The second kappa shape index (κ2) is 6.53. The van der Waals surface area contributed by atoms with E-state index in [2.05, 4.69) is 5.32 Å². The molecule has 0 saturated carbocycles. The van der Waals surface area contributed by atoms with Gasteiger partial charge in [0, 0.05) is 36.8 Å². The molecule has 0 heterocycles. The third-order valence-corrected chi connectivity index (χ3v) is 2.59. The SMILES string of the molecule is CC(CN(C)C)NCc1cc([N+](=O)[O-])c(F)cc1F. The van der Waals surface area contributed by atoms with Crippen LogP contribution < -0.4 is 5.32 Å². The van der Waals surface area contributed by atoms with Crippen LogP contribution in [0.5, 0.6) is 0 Å². The Morgan fingerprint density at radius 1 is 1.37 bits per heavy atom. The van der Waals surface area contributed by atoms with E-state index in [1.165, 1.54) is 0 Å². The van der Waals surface area contributed by atoms with Crippen molar-refractivity contribution in [3.05, 3.63) is 39.4 Å². The highest BCUT2D eigenvalue weighted by molar-refractivity contribution is 5.37. The zero-order chi connectivity index (χ0) is 14.6. The molecule has 1 aromatic carbocycles. The Balaban J connectivity index is 2.78. The van der Waals surface area contributed by atoms with Crippen molar-refractivity contribution in [2.75, 3.05) is 20.6 Å². The Morgan fingerprint density at radius 3 is 2.53 bits per heavy atom. The lowest BCUT2D eigenvalue weighted by Gasteiger charge is -2.18. The van der Waals surface area contributed by atoms with Gasteiger partial charge in [-0.15, -0.1) is 0 Å². The minimum atomic E-state index is -1.16. The Morgan fingerprint density at radius 2 is 2.00 bits per heavy atom. The molecule has 0 spiro atoms. The zero-order valence-corrected chi connectivity index (χ0v) is 11.1. The van der Waals surface area contributed by atoms with Gasteiger partial charge in [-0.2, -0.15) is 4.39 Å². The maximum atomic E-state index is 13.5. The predicted molar refractivity (Wildman–Crippen MR) is 67.9 cm³/mol. The average molecular weight is 273 g/mol. The number of hydrogen-bond acceptors (Lipinski definition) is 4. The standard InChI is InChI=1S/C12H17F2N3O2/c1-8(7-16(2)3)15-6-9-4-12(17(18)19)11(14)5-10(9)13/h4-5,8,15H,6-7H2,1-3H3. The lowest BCUT2D eigenvalue weighted by molar-refractivity contribution is -0.387. The molecule has 0 aliphatic carbocycles. The quantitative estimate of drug-likeness (QED) is 0.635. The van der Waals surface area contributed by atoms with Crippen molar-refractivity contribution < 1.29 is 13.7 Å². The van der Waals surface area contributed by atoms with Crippen LogP contribution in [0.4, 0.5) is 14.5 Å². The molecule has 0 saturated heterocycles. The molecule has 7 heteroatoms. The van der Waals surface area contributed by atoms with Crippen LogP contribution in [0.25, 0.3) is 0 Å². The van der Waals surface area contributed by atoms with E-state index in [1.54, 1.807) is 0 Å². The molecule has 0 amide bonds. The van der Waals surface area contributed by atoms with E-state index < -0.39 is 22.2 Å². The van der Waals surface area contributed by atoms with Gasteiger partial charge in [0.2, 0.25) is 5.82 Å². The normalized spacial score (nSPS) is 12.7. The van der Waals surface area contributed by atoms with Crippen molar-refractivity contribution in [2.24, 2.45) is 0 Å². The number of nitro benzene ring substituents is 1. The summed E-state index contributed by atoms with van der Waals surface area (Å²) in [4.78, 5) is 11.7. The van der Waals surface area contributed by atoms with Gasteiger partial charge in [-0.1, -0.05) is 0 Å². The third-order valence-electron chi connectivity index (χ3n) is 2.59. The van der Waals surface area contributed by atoms with Crippen LogP contribution in [-0.4, -0.2) is 36.5 Å². The van der Waals surface area contributed by atoms with E-state index in [4.69, 9.17) is 0 Å². The molecule has 1 N–H and O–H groups in total. The number of halogens is 2. The van der Waals surface area contributed by atoms with Crippen LogP contribution in [0.3, 0.4) is 0 Å². The van der Waals surface area contributed by atoms with E-state index in [0.29, 0.717) is 6.07 Å². The number of nitro groups is 1. The summed E-state index contributed by atoms with van der Waals surface area (Å²) in [6, 6.07) is 1.56. The number of benzene rings is 1. The first kappa shape index (κ1) is 15.5. The van der Waals surface area contributed by atoms with Crippen molar-refractivity contribution in [3.63, 3.8) is 0 Å². The molecule has 1 aromatic rings. The fraction of sp³-hybridized carbons (Fsp3) is 0.500. The summed E-state index contributed by atoms with van der Waals surface area (Å²) in [5.41, 5.74) is -0.628. The molecule has 0 bridgehead atoms. The molecule has 0 aromatic heterocycles. The first-order chi connectivity index (χ1) is 8.81. The summed E-state index contributed by atoms with van der Waals surface area (Å²) in [5, 5.41) is 13.6. The number of hydrogen-bond donors (Lipinski definition) is 1. The largest absolute Gasteiger partial charge is 0.309 e. The molecule has 19 heavy (non-hydrogen) atoms. The van der Waals surface area contributed by atoms with Gasteiger partial charge in [0.05, 0.1) is 4.92 Å². The highest BCUT2D eigenvalue weighted by Crippen LogP contribution is 2.21. The van der Waals surface area contributed by atoms with Crippen LogP contribution >= 0.6 is 0 Å². The van der Waals surface area contributed by atoms with Crippen LogP contribution in [0.2, 0.25) is 0 Å². The fourth-order valence-corrected chi connectivity index (χ4v) is 1.75. The highest BCUT2D eigenvalue weighted by Gasteiger charge is 2.18. The maximum absolute atomic E-state index is 13.5. The summed E-state index contributed by atoms with van der Waals surface area (Å²) in [6.07, 6.45) is 0. The monoisotopic (exact) mass is 273 g/mol. The Labute approximate surface area is 110 Å². The molecule has 0 aliphatic heterocycles. The van der Waals surface area contributed by atoms with E-state index in [-0.39, 0.29) is 18.2 Å². The predicted octanol–water partition coefficient (Wildman–Crippen LogP) is 1.91. The molecule has 5 nitrogen and oxygen atoms in total. The number of nitrogens with one attached hydrogen (secondary N) is 1. The Hall–Kier alpha value is -1.60. The molecule has 0 aliphatic rings. The molecule has 1 atom stereocenters. The number of rotatable bonds is 6. The van der Waals surface area contributed by atoms with Crippen molar-refractivity contribution >= 4 is 5.69 Å². The van der Waals surface area contributed by atoms with Gasteiger partial charge >= 0.3 is 5.69 Å². The topological polar surface area (TPSA) is 58.4 Å². The van der Waals surface area contributed by atoms with Crippen LogP contribution in [-0.2, 0) is 6.54 Å². The summed E-state index contributed by atoms with van der Waals surface area (Å²) in [7, 11) is 3.81. The lowest BCUT2D eigenvalue weighted by Crippen LogP contribution is -2.35. The summed E-state index contributed by atoms with van der Waals surface area (Å²) < 4.78 is 26.6. The minimum absolute atomic E-state index is 0.0820. The minimum Gasteiger partial charge on any atom is -0.309 e. The second-order valence-electron chi connectivity index (χ2n) is 4.70. The van der Waals surface area contributed by atoms with Crippen molar-refractivity contribution in [3.8, 4) is 0 Å². The molecule has 1 rings (SSSR count). The van der Waals surface area contributed by atoms with Gasteiger partial charge in [0.15, 0.2) is 0 Å². The molecule has 1 unspecified atom stereocenters. The Bertz CT molecular complexity index is 467. The number of nitrogens with zero attached hydrogens (tertiary/aromatic N) is 2. The van der Waals surface area contributed by atoms with Crippen molar-refractivity contribution in [2.45, 2.75) is 19.5 Å². The van der Waals surface area contributed by atoms with Gasteiger partial charge in [0.25, 0.3) is 0 Å². The second-order valence-corrected chi connectivity index (χ2v) is 4.70. The van der Waals surface area contributed by atoms with Crippen LogP contribution in [0.1, 0.15) is 12.5 Å². The van der Waals surface area contributed by atoms with Gasteiger partial charge in [-0.05, 0) is 21.0 Å². The van der Waals surface area contributed by atoms with E-state index >= 15 is 0 Å². The maximum Gasteiger partial charge on any atom is 0.305 e. The first-order valence-electron chi connectivity index (χ1n) is 5.81. The average Bonchev–Trinajstić information content (AvgIpc) is 2.26. The van der Waals surface area contributed by atoms with Gasteiger partial charge in [-0.25, -0.2) is 4.39 Å². The lowest BCUT2D eigenvalue weighted by atomic mass is 10.1. The smallest absolute Gasteiger partial charge is 0.305 e. The van der Waals surface area contributed by atoms with Crippen molar-refractivity contribution in [1.29, 1.82) is 0 Å². The molecule has 0 radical (unpaired) electrons. The summed E-state index contributed by atoms with van der Waals surface area (Å²) >= 11 is 0. The summed E-state index contributed by atoms with van der Waals surface area (Å²) in [6.45, 7) is 2.77. The first-order valence-corrected chi connectivity index (χ1v) is 5.81. The molecule has 0 fully saturated rings. The van der Waals surface area contributed by atoms with E-state index in [9.17, 15) is 18.9 Å². The Kier molecular flexibility index (Phi) is 5.31.